The Kier molecular flexibility index (Phi) is 5.45. The van der Waals surface area contributed by atoms with Gasteiger partial charge in [-0.15, -0.1) is 0 Å². The lowest BCUT2D eigenvalue weighted by Crippen LogP contribution is -2.41. The van der Waals surface area contributed by atoms with Gasteiger partial charge in [0.05, 0.1) is 5.56 Å². The predicted molar refractivity (Wildman–Crippen MR) is 88.6 cm³/mol. The second-order valence-electron chi connectivity index (χ2n) is 6.75. The molecule has 1 amide bonds. The molecule has 1 aliphatic rings. The highest BCUT2D eigenvalue weighted by molar-refractivity contribution is 5.87. The van der Waals surface area contributed by atoms with E-state index in [1.807, 2.05) is 20.8 Å². The van der Waals surface area contributed by atoms with E-state index < -0.39 is 11.6 Å². The fourth-order valence-corrected chi connectivity index (χ4v) is 2.30. The standard InChI is InChI=1S/C18H22N2O4/c1-18(2,3)24-17(23)20-10-8-13(9-11-20)4-6-15-7-5-14(12-19-15)16(21)22/h5,7,12-13H,8-11H2,1-3H3,(H,21,22). The summed E-state index contributed by atoms with van der Waals surface area (Å²) in [4.78, 5) is 28.5. The molecule has 1 aliphatic heterocycles. The summed E-state index contributed by atoms with van der Waals surface area (Å²) in [6, 6.07) is 3.09. The average Bonchev–Trinajstić information content (AvgIpc) is 2.52. The smallest absolute Gasteiger partial charge is 0.410 e. The molecule has 0 radical (unpaired) electrons. The predicted octanol–water partition coefficient (Wildman–Crippen LogP) is 2.78. The van der Waals surface area contributed by atoms with Crippen molar-refractivity contribution in [2.45, 2.75) is 39.2 Å². The number of piperidine rings is 1. The van der Waals surface area contributed by atoms with Crippen LogP contribution >= 0.6 is 0 Å². The lowest BCUT2D eigenvalue weighted by molar-refractivity contribution is 0.0199. The number of carbonyl (C=O) groups is 2. The van der Waals surface area contributed by atoms with Gasteiger partial charge in [0.1, 0.15) is 11.3 Å². The van der Waals surface area contributed by atoms with E-state index in [0.29, 0.717) is 18.8 Å². The van der Waals surface area contributed by atoms with Crippen molar-refractivity contribution >= 4 is 12.1 Å². The number of amides is 1. The van der Waals surface area contributed by atoms with E-state index in [-0.39, 0.29) is 17.6 Å². The van der Waals surface area contributed by atoms with Gasteiger partial charge in [0.25, 0.3) is 0 Å². The number of ether oxygens (including phenoxy) is 1. The number of pyridine rings is 1. The highest BCUT2D eigenvalue weighted by Crippen LogP contribution is 2.19. The summed E-state index contributed by atoms with van der Waals surface area (Å²) < 4.78 is 5.37. The van der Waals surface area contributed by atoms with Crippen LogP contribution in [-0.2, 0) is 4.74 Å². The first kappa shape index (κ1) is 17.8. The molecule has 0 saturated carbocycles. The van der Waals surface area contributed by atoms with Gasteiger partial charge in [-0.05, 0) is 51.7 Å². The Labute approximate surface area is 141 Å². The van der Waals surface area contributed by atoms with E-state index in [9.17, 15) is 9.59 Å². The van der Waals surface area contributed by atoms with Gasteiger partial charge >= 0.3 is 12.1 Å². The number of likely N-dealkylation sites (tertiary alicyclic amines) is 1. The number of carboxylic acids is 1. The summed E-state index contributed by atoms with van der Waals surface area (Å²) in [5, 5.41) is 8.83. The van der Waals surface area contributed by atoms with Crippen molar-refractivity contribution in [3.8, 4) is 11.8 Å². The number of aromatic carboxylic acids is 1. The first-order valence-corrected chi connectivity index (χ1v) is 7.93. The Morgan fingerprint density at radius 1 is 1.29 bits per heavy atom. The summed E-state index contributed by atoms with van der Waals surface area (Å²) in [5.41, 5.74) is 0.211. The fourth-order valence-electron chi connectivity index (χ4n) is 2.30. The van der Waals surface area contributed by atoms with Crippen LogP contribution in [-0.4, -0.2) is 45.7 Å². The Morgan fingerprint density at radius 3 is 2.46 bits per heavy atom. The molecule has 1 N–H and O–H groups in total. The van der Waals surface area contributed by atoms with E-state index in [1.54, 1.807) is 11.0 Å². The molecular formula is C18H22N2O4. The molecule has 0 aromatic carbocycles. The molecule has 1 fully saturated rings. The van der Waals surface area contributed by atoms with E-state index >= 15 is 0 Å². The lowest BCUT2D eigenvalue weighted by Gasteiger charge is -2.31. The van der Waals surface area contributed by atoms with Gasteiger partial charge in [-0.3, -0.25) is 0 Å². The normalized spacial score (nSPS) is 15.4. The second kappa shape index (κ2) is 7.35. The highest BCUT2D eigenvalue weighted by atomic mass is 16.6. The molecule has 2 heterocycles. The van der Waals surface area contributed by atoms with Gasteiger partial charge < -0.3 is 14.7 Å². The quantitative estimate of drug-likeness (QED) is 0.801. The van der Waals surface area contributed by atoms with Crippen LogP contribution in [0.15, 0.2) is 18.3 Å². The largest absolute Gasteiger partial charge is 0.478 e. The van der Waals surface area contributed by atoms with E-state index in [1.165, 1.54) is 12.3 Å². The van der Waals surface area contributed by atoms with Crippen molar-refractivity contribution < 1.29 is 19.4 Å². The van der Waals surface area contributed by atoms with Crippen LogP contribution in [0, 0.1) is 17.8 Å². The maximum absolute atomic E-state index is 12.0. The van der Waals surface area contributed by atoms with Crippen molar-refractivity contribution in [3.05, 3.63) is 29.6 Å². The van der Waals surface area contributed by atoms with Crippen LogP contribution in [0.3, 0.4) is 0 Å². The SMILES string of the molecule is CC(C)(C)OC(=O)N1CCC(C#Cc2ccc(C(=O)O)cn2)CC1. The van der Waals surface area contributed by atoms with Gasteiger partial charge in [-0.2, -0.15) is 0 Å². The number of carbonyl (C=O) groups excluding carboxylic acids is 1. The zero-order valence-electron chi connectivity index (χ0n) is 14.2. The third-order valence-corrected chi connectivity index (χ3v) is 3.56. The maximum atomic E-state index is 12.0. The van der Waals surface area contributed by atoms with Crippen LogP contribution in [0.25, 0.3) is 0 Å². The minimum Gasteiger partial charge on any atom is -0.478 e. The minimum atomic E-state index is -1.00. The van der Waals surface area contributed by atoms with Gasteiger partial charge in [-0.1, -0.05) is 5.92 Å². The molecule has 1 aromatic rings. The van der Waals surface area contributed by atoms with Crippen LogP contribution < -0.4 is 0 Å². The number of hydrogen-bond donors (Lipinski definition) is 1. The number of rotatable bonds is 1. The van der Waals surface area contributed by atoms with Crippen molar-refractivity contribution in [1.29, 1.82) is 0 Å². The molecule has 1 aromatic heterocycles. The summed E-state index contributed by atoms with van der Waals surface area (Å²) in [6.07, 6.45) is 2.61. The molecule has 2 rings (SSSR count). The molecule has 1 saturated heterocycles. The molecule has 0 bridgehead atoms. The van der Waals surface area contributed by atoms with Gasteiger partial charge in [0.15, 0.2) is 0 Å². The Bertz CT molecular complexity index is 657. The first-order valence-electron chi connectivity index (χ1n) is 7.93. The van der Waals surface area contributed by atoms with Crippen molar-refractivity contribution in [3.63, 3.8) is 0 Å². The van der Waals surface area contributed by atoms with Crippen molar-refractivity contribution in [1.82, 2.24) is 9.88 Å². The van der Waals surface area contributed by atoms with Crippen LogP contribution in [0.1, 0.15) is 49.7 Å². The third kappa shape index (κ3) is 5.27. The highest BCUT2D eigenvalue weighted by Gasteiger charge is 2.26. The van der Waals surface area contributed by atoms with E-state index in [4.69, 9.17) is 9.84 Å². The van der Waals surface area contributed by atoms with Crippen molar-refractivity contribution in [2.75, 3.05) is 13.1 Å². The topological polar surface area (TPSA) is 79.7 Å². The molecule has 128 valence electrons. The fraction of sp³-hybridized carbons (Fsp3) is 0.500. The van der Waals surface area contributed by atoms with Crippen LogP contribution in [0.2, 0.25) is 0 Å². The van der Waals surface area contributed by atoms with Crippen LogP contribution in [0.5, 0.6) is 0 Å². The zero-order chi connectivity index (χ0) is 17.7. The molecule has 24 heavy (non-hydrogen) atoms. The van der Waals surface area contributed by atoms with E-state index in [2.05, 4.69) is 16.8 Å². The first-order chi connectivity index (χ1) is 11.2. The summed E-state index contributed by atoms with van der Waals surface area (Å²) in [5.74, 6) is 5.33. The zero-order valence-corrected chi connectivity index (χ0v) is 14.2. The lowest BCUT2D eigenvalue weighted by atomic mass is 9.97. The molecule has 6 nitrogen and oxygen atoms in total. The van der Waals surface area contributed by atoms with Crippen molar-refractivity contribution in [2.24, 2.45) is 5.92 Å². The number of aromatic nitrogens is 1. The van der Waals surface area contributed by atoms with Gasteiger partial charge in [-0.25, -0.2) is 14.6 Å². The van der Waals surface area contributed by atoms with E-state index in [0.717, 1.165) is 12.8 Å². The number of nitrogens with zero attached hydrogens (tertiary/aromatic N) is 2. The minimum absolute atomic E-state index is 0.145. The molecule has 0 unspecified atom stereocenters. The average molecular weight is 330 g/mol. The maximum Gasteiger partial charge on any atom is 0.410 e. The molecule has 6 heteroatoms. The Morgan fingerprint density at radius 2 is 1.96 bits per heavy atom. The number of hydrogen-bond acceptors (Lipinski definition) is 4. The summed E-state index contributed by atoms with van der Waals surface area (Å²) in [7, 11) is 0. The molecule has 0 atom stereocenters. The Balaban J connectivity index is 1.87. The number of carboxylic acid groups (broad SMARTS) is 1. The second-order valence-corrected chi connectivity index (χ2v) is 6.75. The van der Waals surface area contributed by atoms with Gasteiger partial charge in [0, 0.05) is 25.2 Å². The Hall–Kier alpha value is -2.55. The summed E-state index contributed by atoms with van der Waals surface area (Å²) in [6.45, 7) is 6.81. The summed E-state index contributed by atoms with van der Waals surface area (Å²) >= 11 is 0. The van der Waals surface area contributed by atoms with Gasteiger partial charge in [0.2, 0.25) is 0 Å². The monoisotopic (exact) mass is 330 g/mol. The molecular weight excluding hydrogens is 308 g/mol. The van der Waals surface area contributed by atoms with Crippen LogP contribution in [0.4, 0.5) is 4.79 Å². The third-order valence-electron chi connectivity index (χ3n) is 3.56. The molecule has 0 aliphatic carbocycles. The molecule has 0 spiro atoms.